The third-order valence-corrected chi connectivity index (χ3v) is 3.35. The summed E-state index contributed by atoms with van der Waals surface area (Å²) in [6, 6.07) is -0.345. The Morgan fingerprint density at radius 3 is 2.57 bits per heavy atom. The van der Waals surface area contributed by atoms with Gasteiger partial charge < -0.3 is 11.1 Å². The highest BCUT2D eigenvalue weighted by molar-refractivity contribution is 5.81. The fraction of sp³-hybridized carbons (Fsp3) is 0.909. The van der Waals surface area contributed by atoms with Crippen LogP contribution in [0.4, 0.5) is 0 Å². The van der Waals surface area contributed by atoms with E-state index in [1.54, 1.807) is 0 Å². The molecule has 1 fully saturated rings. The number of carbonyl (C=O) groups is 1. The van der Waals surface area contributed by atoms with E-state index in [0.29, 0.717) is 5.41 Å². The zero-order chi connectivity index (χ0) is 10.8. The maximum absolute atomic E-state index is 11.6. The van der Waals surface area contributed by atoms with Crippen LogP contribution in [0.1, 0.15) is 40.0 Å². The van der Waals surface area contributed by atoms with Gasteiger partial charge in [0.25, 0.3) is 0 Å². The van der Waals surface area contributed by atoms with Crippen molar-refractivity contribution >= 4 is 5.91 Å². The molecule has 0 saturated heterocycles. The first kappa shape index (κ1) is 11.5. The highest BCUT2D eigenvalue weighted by Crippen LogP contribution is 2.44. The average molecular weight is 198 g/mol. The molecule has 0 aromatic heterocycles. The minimum Gasteiger partial charge on any atom is -0.354 e. The van der Waals surface area contributed by atoms with E-state index < -0.39 is 0 Å². The first-order valence-electron chi connectivity index (χ1n) is 5.52. The topological polar surface area (TPSA) is 55.1 Å². The van der Waals surface area contributed by atoms with E-state index in [1.807, 2.05) is 6.92 Å². The first-order chi connectivity index (χ1) is 6.48. The minimum absolute atomic E-state index is 0.00692. The molecule has 1 aliphatic carbocycles. The average Bonchev–Trinajstić information content (AvgIpc) is 2.91. The lowest BCUT2D eigenvalue weighted by Gasteiger charge is -2.19. The van der Waals surface area contributed by atoms with Gasteiger partial charge in [-0.3, -0.25) is 4.79 Å². The van der Waals surface area contributed by atoms with Crippen LogP contribution in [0.15, 0.2) is 0 Å². The molecule has 1 aliphatic rings. The van der Waals surface area contributed by atoms with Gasteiger partial charge in [-0.05, 0) is 24.2 Å². The summed E-state index contributed by atoms with van der Waals surface area (Å²) in [6.45, 7) is 7.06. The third-order valence-electron chi connectivity index (χ3n) is 3.35. The molecule has 3 heteroatoms. The molecule has 3 N–H and O–H groups in total. The van der Waals surface area contributed by atoms with Crippen molar-refractivity contribution < 1.29 is 4.79 Å². The van der Waals surface area contributed by atoms with Crippen LogP contribution in [-0.4, -0.2) is 18.5 Å². The summed E-state index contributed by atoms with van der Waals surface area (Å²) in [4.78, 5) is 11.6. The Kier molecular flexibility index (Phi) is 3.53. The molecule has 0 bridgehead atoms. The van der Waals surface area contributed by atoms with Crippen LogP contribution in [0.2, 0.25) is 0 Å². The number of carbonyl (C=O) groups excluding carboxylic acids is 1. The molecule has 2 unspecified atom stereocenters. The Morgan fingerprint density at radius 2 is 2.14 bits per heavy atom. The van der Waals surface area contributed by atoms with Crippen molar-refractivity contribution in [3.63, 3.8) is 0 Å². The van der Waals surface area contributed by atoms with E-state index >= 15 is 0 Å². The summed E-state index contributed by atoms with van der Waals surface area (Å²) < 4.78 is 0. The lowest BCUT2D eigenvalue weighted by atomic mass is 9.99. The molecule has 3 nitrogen and oxygen atoms in total. The van der Waals surface area contributed by atoms with Gasteiger partial charge in [0.2, 0.25) is 5.91 Å². The monoisotopic (exact) mass is 198 g/mol. The summed E-state index contributed by atoms with van der Waals surface area (Å²) in [5.74, 6) is 0.273. The van der Waals surface area contributed by atoms with Gasteiger partial charge in [-0.15, -0.1) is 0 Å². The molecule has 0 spiro atoms. The van der Waals surface area contributed by atoms with Crippen molar-refractivity contribution in [1.82, 2.24) is 5.32 Å². The molecular weight excluding hydrogens is 176 g/mol. The second-order valence-electron chi connectivity index (χ2n) is 4.94. The number of nitrogens with one attached hydrogen (secondary N) is 1. The molecule has 2 atom stereocenters. The molecule has 1 saturated carbocycles. The molecule has 0 aromatic carbocycles. The summed E-state index contributed by atoms with van der Waals surface area (Å²) >= 11 is 0. The van der Waals surface area contributed by atoms with Crippen molar-refractivity contribution in [2.45, 2.75) is 46.1 Å². The van der Waals surface area contributed by atoms with Gasteiger partial charge in [0.15, 0.2) is 0 Å². The number of hydrogen-bond acceptors (Lipinski definition) is 2. The predicted octanol–water partition coefficient (Wildman–Crippen LogP) is 1.28. The maximum atomic E-state index is 11.6. The van der Waals surface area contributed by atoms with Crippen LogP contribution >= 0.6 is 0 Å². The van der Waals surface area contributed by atoms with Crippen molar-refractivity contribution in [3.8, 4) is 0 Å². The quantitative estimate of drug-likeness (QED) is 0.699. The third kappa shape index (κ3) is 2.98. The van der Waals surface area contributed by atoms with Gasteiger partial charge in [0.05, 0.1) is 6.04 Å². The van der Waals surface area contributed by atoms with Gasteiger partial charge >= 0.3 is 0 Å². The Balaban J connectivity index is 2.26. The standard InChI is InChI=1S/C11H22N2O/c1-4-8(2)9(12)10(14)13-7-11(3)5-6-11/h8-9H,4-7,12H2,1-3H3,(H,13,14). The van der Waals surface area contributed by atoms with Crippen LogP contribution in [0.5, 0.6) is 0 Å². The Labute approximate surface area is 86.4 Å². The van der Waals surface area contributed by atoms with Crippen LogP contribution in [-0.2, 0) is 4.79 Å². The molecule has 0 heterocycles. The summed E-state index contributed by atoms with van der Waals surface area (Å²) in [6.07, 6.45) is 3.41. The van der Waals surface area contributed by atoms with Gasteiger partial charge in [0.1, 0.15) is 0 Å². The largest absolute Gasteiger partial charge is 0.354 e. The normalized spacial score (nSPS) is 22.6. The van der Waals surface area contributed by atoms with Crippen LogP contribution in [0.25, 0.3) is 0 Å². The predicted molar refractivity (Wildman–Crippen MR) is 57.8 cm³/mol. The molecule has 14 heavy (non-hydrogen) atoms. The fourth-order valence-corrected chi connectivity index (χ4v) is 1.32. The van der Waals surface area contributed by atoms with Crippen molar-refractivity contribution in [3.05, 3.63) is 0 Å². The van der Waals surface area contributed by atoms with Crippen LogP contribution in [0.3, 0.4) is 0 Å². The van der Waals surface area contributed by atoms with E-state index in [4.69, 9.17) is 5.73 Å². The maximum Gasteiger partial charge on any atom is 0.237 e. The summed E-state index contributed by atoms with van der Waals surface area (Å²) in [5, 5.41) is 2.94. The summed E-state index contributed by atoms with van der Waals surface area (Å²) in [7, 11) is 0. The highest BCUT2D eigenvalue weighted by Gasteiger charge is 2.37. The molecule has 0 aromatic rings. The van der Waals surface area contributed by atoms with E-state index in [9.17, 15) is 4.79 Å². The zero-order valence-electron chi connectivity index (χ0n) is 9.47. The fourth-order valence-electron chi connectivity index (χ4n) is 1.32. The first-order valence-corrected chi connectivity index (χ1v) is 5.52. The Morgan fingerprint density at radius 1 is 1.57 bits per heavy atom. The Bertz CT molecular complexity index is 211. The van der Waals surface area contributed by atoms with Gasteiger partial charge in [-0.1, -0.05) is 27.2 Å². The lowest BCUT2D eigenvalue weighted by Crippen LogP contribution is -2.45. The van der Waals surface area contributed by atoms with E-state index in [0.717, 1.165) is 13.0 Å². The number of nitrogens with two attached hydrogens (primary N) is 1. The van der Waals surface area contributed by atoms with E-state index in [1.165, 1.54) is 12.8 Å². The molecule has 0 radical (unpaired) electrons. The number of rotatable bonds is 5. The summed E-state index contributed by atoms with van der Waals surface area (Å²) in [5.41, 5.74) is 6.17. The Hall–Kier alpha value is -0.570. The molecule has 0 aliphatic heterocycles. The number of amides is 1. The second-order valence-corrected chi connectivity index (χ2v) is 4.94. The van der Waals surface area contributed by atoms with Crippen molar-refractivity contribution in [1.29, 1.82) is 0 Å². The van der Waals surface area contributed by atoms with Gasteiger partial charge in [-0.25, -0.2) is 0 Å². The number of hydrogen-bond donors (Lipinski definition) is 2. The zero-order valence-corrected chi connectivity index (χ0v) is 9.47. The molecule has 1 rings (SSSR count). The van der Waals surface area contributed by atoms with Gasteiger partial charge in [-0.2, -0.15) is 0 Å². The van der Waals surface area contributed by atoms with E-state index in [-0.39, 0.29) is 17.9 Å². The van der Waals surface area contributed by atoms with E-state index in [2.05, 4.69) is 19.2 Å². The highest BCUT2D eigenvalue weighted by atomic mass is 16.2. The second kappa shape index (κ2) is 4.30. The lowest BCUT2D eigenvalue weighted by molar-refractivity contribution is -0.123. The van der Waals surface area contributed by atoms with Crippen LogP contribution < -0.4 is 11.1 Å². The molecule has 82 valence electrons. The molecule has 1 amide bonds. The van der Waals surface area contributed by atoms with Crippen LogP contribution in [0, 0.1) is 11.3 Å². The smallest absolute Gasteiger partial charge is 0.237 e. The molecular formula is C11H22N2O. The van der Waals surface area contributed by atoms with Crippen molar-refractivity contribution in [2.75, 3.05) is 6.54 Å². The van der Waals surface area contributed by atoms with Crippen molar-refractivity contribution in [2.24, 2.45) is 17.1 Å². The SMILES string of the molecule is CCC(C)C(N)C(=O)NCC1(C)CC1. The minimum atomic E-state index is -0.345. The van der Waals surface area contributed by atoms with Gasteiger partial charge in [0, 0.05) is 6.54 Å².